The van der Waals surface area contributed by atoms with Crippen LogP contribution in [0.4, 0.5) is 4.79 Å². The van der Waals surface area contributed by atoms with Crippen LogP contribution in [0.5, 0.6) is 0 Å². The number of aliphatic hydroxyl groups excluding tert-OH is 1. The maximum absolute atomic E-state index is 12.1. The van der Waals surface area contributed by atoms with Crippen molar-refractivity contribution in [2.75, 3.05) is 19.6 Å². The van der Waals surface area contributed by atoms with Crippen molar-refractivity contribution in [3.63, 3.8) is 0 Å². The third-order valence-corrected chi connectivity index (χ3v) is 6.26. The Balaban J connectivity index is 1.31. The monoisotopic (exact) mass is 337 g/mol. The Morgan fingerprint density at radius 1 is 0.958 bits per heavy atom. The molecule has 3 rings (SSSR count). The highest BCUT2D eigenvalue weighted by molar-refractivity contribution is 5.74. The summed E-state index contributed by atoms with van der Waals surface area (Å²) in [6.45, 7) is 2.96. The number of carbonyl (C=O) groups is 1. The van der Waals surface area contributed by atoms with Gasteiger partial charge in [0.1, 0.15) is 0 Å². The summed E-state index contributed by atoms with van der Waals surface area (Å²) in [5.74, 6) is 0.438. The largest absolute Gasteiger partial charge is 0.393 e. The lowest BCUT2D eigenvalue weighted by molar-refractivity contribution is 0.100. The van der Waals surface area contributed by atoms with E-state index >= 15 is 0 Å². The lowest BCUT2D eigenvalue weighted by Gasteiger charge is -2.39. The van der Waals surface area contributed by atoms with Crippen LogP contribution in [0.3, 0.4) is 0 Å². The van der Waals surface area contributed by atoms with E-state index in [4.69, 9.17) is 0 Å². The highest BCUT2D eigenvalue weighted by atomic mass is 16.3. The lowest BCUT2D eigenvalue weighted by atomic mass is 9.87. The number of urea groups is 1. The average Bonchev–Trinajstić information content (AvgIpc) is 2.61. The molecule has 3 N–H and O–H groups in total. The average molecular weight is 338 g/mol. The maximum atomic E-state index is 12.1. The van der Waals surface area contributed by atoms with Gasteiger partial charge >= 0.3 is 6.03 Å². The van der Waals surface area contributed by atoms with Crippen molar-refractivity contribution >= 4 is 6.03 Å². The Morgan fingerprint density at radius 3 is 2.42 bits per heavy atom. The van der Waals surface area contributed by atoms with Gasteiger partial charge in [0.05, 0.1) is 6.10 Å². The molecule has 5 heteroatoms. The van der Waals surface area contributed by atoms with E-state index in [0.717, 1.165) is 57.7 Å². The molecular weight excluding hydrogens is 302 g/mol. The third-order valence-electron chi connectivity index (χ3n) is 6.26. The van der Waals surface area contributed by atoms with Gasteiger partial charge in [0.2, 0.25) is 0 Å². The van der Waals surface area contributed by atoms with Gasteiger partial charge in [0.25, 0.3) is 0 Å². The minimum absolute atomic E-state index is 0.0221. The van der Waals surface area contributed by atoms with Crippen molar-refractivity contribution in [3.8, 4) is 0 Å². The number of likely N-dealkylation sites (tertiary alicyclic amines) is 1. The molecule has 0 aromatic heterocycles. The topological polar surface area (TPSA) is 64.6 Å². The normalized spacial score (nSPS) is 30.9. The minimum Gasteiger partial charge on any atom is -0.393 e. The Kier molecular flexibility index (Phi) is 6.78. The van der Waals surface area contributed by atoms with E-state index < -0.39 is 0 Å². The second-order valence-electron chi connectivity index (χ2n) is 8.14. The maximum Gasteiger partial charge on any atom is 0.315 e. The molecule has 5 nitrogen and oxygen atoms in total. The van der Waals surface area contributed by atoms with E-state index in [1.807, 2.05) is 0 Å². The van der Waals surface area contributed by atoms with Gasteiger partial charge in [-0.05, 0) is 50.9 Å². The molecule has 0 aromatic carbocycles. The molecule has 2 amide bonds. The van der Waals surface area contributed by atoms with Crippen LogP contribution in [-0.2, 0) is 0 Å². The summed E-state index contributed by atoms with van der Waals surface area (Å²) in [5, 5.41) is 15.9. The van der Waals surface area contributed by atoms with Crippen LogP contribution in [0.25, 0.3) is 0 Å². The molecule has 2 aliphatic carbocycles. The lowest BCUT2D eigenvalue weighted by Crippen LogP contribution is -2.51. The number of nitrogens with one attached hydrogen (secondary N) is 2. The first kappa shape index (κ1) is 18.0. The second-order valence-corrected chi connectivity index (χ2v) is 8.14. The molecule has 0 spiro atoms. The first-order valence-corrected chi connectivity index (χ1v) is 10.2. The Morgan fingerprint density at radius 2 is 1.71 bits per heavy atom. The molecule has 2 saturated carbocycles. The van der Waals surface area contributed by atoms with Crippen LogP contribution < -0.4 is 10.6 Å². The summed E-state index contributed by atoms with van der Waals surface area (Å²) in [6.07, 6.45) is 12.9. The van der Waals surface area contributed by atoms with Crippen LogP contribution in [-0.4, -0.2) is 53.9 Å². The third kappa shape index (κ3) is 5.35. The van der Waals surface area contributed by atoms with Crippen LogP contribution in [0.15, 0.2) is 0 Å². The van der Waals surface area contributed by atoms with Gasteiger partial charge in [0, 0.05) is 31.7 Å². The molecule has 24 heavy (non-hydrogen) atoms. The van der Waals surface area contributed by atoms with E-state index in [-0.39, 0.29) is 12.1 Å². The molecule has 2 unspecified atom stereocenters. The zero-order valence-corrected chi connectivity index (χ0v) is 15.0. The summed E-state index contributed by atoms with van der Waals surface area (Å²) in [5.41, 5.74) is 0. The number of aliphatic hydroxyl groups is 1. The Hall–Kier alpha value is -0.810. The van der Waals surface area contributed by atoms with Gasteiger partial charge in [-0.2, -0.15) is 0 Å². The number of amides is 2. The van der Waals surface area contributed by atoms with Crippen LogP contribution in [0, 0.1) is 5.92 Å². The number of nitrogens with zero attached hydrogens (tertiary/aromatic N) is 1. The number of rotatable bonds is 4. The SMILES string of the molecule is O=C(NCC1CCCC(O)C1)NC1CCN(C2CCCCC2)CC1. The molecule has 0 aromatic rings. The van der Waals surface area contributed by atoms with Crippen molar-refractivity contribution < 1.29 is 9.90 Å². The molecule has 1 aliphatic heterocycles. The fraction of sp³-hybridized carbons (Fsp3) is 0.947. The fourth-order valence-corrected chi connectivity index (χ4v) is 4.78. The Bertz CT molecular complexity index is 390. The van der Waals surface area contributed by atoms with Crippen molar-refractivity contribution in [1.29, 1.82) is 0 Å². The van der Waals surface area contributed by atoms with Gasteiger partial charge in [-0.15, -0.1) is 0 Å². The molecule has 0 bridgehead atoms. The molecule has 1 heterocycles. The zero-order chi connectivity index (χ0) is 16.8. The van der Waals surface area contributed by atoms with Crippen molar-refractivity contribution in [1.82, 2.24) is 15.5 Å². The zero-order valence-electron chi connectivity index (χ0n) is 15.0. The number of piperidine rings is 1. The van der Waals surface area contributed by atoms with Gasteiger partial charge in [0.15, 0.2) is 0 Å². The van der Waals surface area contributed by atoms with Gasteiger partial charge in [-0.3, -0.25) is 0 Å². The van der Waals surface area contributed by atoms with Crippen LogP contribution in [0.2, 0.25) is 0 Å². The molecule has 3 aliphatic rings. The van der Waals surface area contributed by atoms with Gasteiger partial charge in [-0.1, -0.05) is 25.7 Å². The first-order valence-electron chi connectivity index (χ1n) is 10.2. The van der Waals surface area contributed by atoms with Gasteiger partial charge in [-0.25, -0.2) is 4.79 Å². The van der Waals surface area contributed by atoms with E-state index in [1.165, 1.54) is 32.1 Å². The predicted molar refractivity (Wildman–Crippen MR) is 96.0 cm³/mol. The van der Waals surface area contributed by atoms with E-state index in [1.54, 1.807) is 0 Å². The summed E-state index contributed by atoms with van der Waals surface area (Å²) < 4.78 is 0. The summed E-state index contributed by atoms with van der Waals surface area (Å²) in [7, 11) is 0. The fourth-order valence-electron chi connectivity index (χ4n) is 4.78. The quantitative estimate of drug-likeness (QED) is 0.739. The van der Waals surface area contributed by atoms with E-state index in [2.05, 4.69) is 15.5 Å². The van der Waals surface area contributed by atoms with Crippen LogP contribution in [0.1, 0.15) is 70.6 Å². The molecule has 3 fully saturated rings. The summed E-state index contributed by atoms with van der Waals surface area (Å²) >= 11 is 0. The molecule has 2 atom stereocenters. The van der Waals surface area contributed by atoms with Crippen LogP contribution >= 0.6 is 0 Å². The smallest absolute Gasteiger partial charge is 0.315 e. The summed E-state index contributed by atoms with van der Waals surface area (Å²) in [4.78, 5) is 14.8. The highest BCUT2D eigenvalue weighted by Crippen LogP contribution is 2.25. The minimum atomic E-state index is -0.169. The van der Waals surface area contributed by atoms with E-state index in [0.29, 0.717) is 18.5 Å². The van der Waals surface area contributed by atoms with Crippen molar-refractivity contribution in [2.45, 2.75) is 88.8 Å². The predicted octanol–water partition coefficient (Wildman–Crippen LogP) is 2.63. The van der Waals surface area contributed by atoms with Crippen molar-refractivity contribution in [3.05, 3.63) is 0 Å². The molecule has 0 radical (unpaired) electrons. The highest BCUT2D eigenvalue weighted by Gasteiger charge is 2.27. The van der Waals surface area contributed by atoms with Crippen molar-refractivity contribution in [2.24, 2.45) is 5.92 Å². The van der Waals surface area contributed by atoms with Gasteiger partial charge < -0.3 is 20.6 Å². The standard InChI is InChI=1S/C19H35N3O2/c23-18-8-4-5-15(13-18)14-20-19(24)21-16-9-11-22(12-10-16)17-6-2-1-3-7-17/h15-18,23H,1-14H2,(H2,20,21,24). The molecular formula is C19H35N3O2. The first-order chi connectivity index (χ1) is 11.7. The number of hydrogen-bond acceptors (Lipinski definition) is 3. The number of carbonyl (C=O) groups excluding carboxylic acids is 1. The summed E-state index contributed by atoms with van der Waals surface area (Å²) in [6, 6.07) is 1.10. The number of hydrogen-bond donors (Lipinski definition) is 3. The van der Waals surface area contributed by atoms with E-state index in [9.17, 15) is 9.90 Å². The second kappa shape index (κ2) is 9.04. The molecule has 138 valence electrons. The molecule has 1 saturated heterocycles. The Labute approximate surface area is 146 Å².